The van der Waals surface area contributed by atoms with Gasteiger partial charge in [0.05, 0.1) is 5.56 Å². The Labute approximate surface area is 176 Å². The van der Waals surface area contributed by atoms with Gasteiger partial charge >= 0.3 is 5.97 Å². The molecule has 1 aromatic rings. The number of carbonyl (C=O) groups is 2. The molecule has 1 fully saturated rings. The Balaban J connectivity index is 1.73. The van der Waals surface area contributed by atoms with Gasteiger partial charge in [0, 0.05) is 37.8 Å². The predicted octanol–water partition coefficient (Wildman–Crippen LogP) is 0.835. The van der Waals surface area contributed by atoms with E-state index in [2.05, 4.69) is 10.6 Å². The Morgan fingerprint density at radius 3 is 2.53 bits per heavy atom. The van der Waals surface area contributed by atoms with Crippen molar-refractivity contribution in [2.24, 2.45) is 5.92 Å². The van der Waals surface area contributed by atoms with Crippen LogP contribution in [0.2, 0.25) is 0 Å². The second kappa shape index (κ2) is 10.6. The fourth-order valence-electron chi connectivity index (χ4n) is 3.08. The number of phenolic OH excluding ortho intramolecular Hbond substituents is 2. The molecule has 30 heavy (non-hydrogen) atoms. The van der Waals surface area contributed by atoms with E-state index in [1.807, 2.05) is 13.8 Å². The number of nitrogens with one attached hydrogen (secondary N) is 2. The summed E-state index contributed by atoms with van der Waals surface area (Å²) in [6.07, 6.45) is 0.495. The Hall–Kier alpha value is -2.36. The van der Waals surface area contributed by atoms with Crippen LogP contribution in [0.5, 0.6) is 11.5 Å². The first-order chi connectivity index (χ1) is 14.1. The van der Waals surface area contributed by atoms with Crippen LogP contribution in [0.15, 0.2) is 12.1 Å². The Morgan fingerprint density at radius 2 is 1.87 bits per heavy atom. The summed E-state index contributed by atoms with van der Waals surface area (Å²) in [6.45, 7) is 6.93. The van der Waals surface area contributed by atoms with Crippen LogP contribution < -0.4 is 10.6 Å². The molecule has 168 valence electrons. The fraction of sp³-hybridized carbons (Fsp3) is 0.619. The van der Waals surface area contributed by atoms with E-state index in [0.717, 1.165) is 18.9 Å². The van der Waals surface area contributed by atoms with Crippen molar-refractivity contribution in [3.63, 3.8) is 0 Å². The number of hydrogen-bond acceptors (Lipinski definition) is 8. The molecule has 0 bridgehead atoms. The summed E-state index contributed by atoms with van der Waals surface area (Å²) < 4.78 is 10.4. The van der Waals surface area contributed by atoms with Crippen LogP contribution >= 0.6 is 0 Å². The molecule has 1 heterocycles. The SMILES string of the molecule is Cc1cc(O)c(O)cc1C(=O)OCC(O)CNC(C)(C)CNC(=O)C1CCOCC1. The lowest BCUT2D eigenvalue weighted by Crippen LogP contribution is -2.52. The number of rotatable bonds is 9. The molecule has 1 amide bonds. The summed E-state index contributed by atoms with van der Waals surface area (Å²) >= 11 is 0. The summed E-state index contributed by atoms with van der Waals surface area (Å²) in [5.74, 6) is -1.46. The zero-order chi connectivity index (χ0) is 22.3. The number of aromatic hydroxyl groups is 2. The number of aryl methyl sites for hydroxylation is 1. The zero-order valence-corrected chi connectivity index (χ0v) is 17.7. The summed E-state index contributed by atoms with van der Waals surface area (Å²) in [4.78, 5) is 24.4. The van der Waals surface area contributed by atoms with Crippen LogP contribution in [0.1, 0.15) is 42.6 Å². The number of aliphatic hydroxyl groups excluding tert-OH is 1. The van der Waals surface area contributed by atoms with Gasteiger partial charge in [-0.25, -0.2) is 4.79 Å². The highest BCUT2D eigenvalue weighted by Gasteiger charge is 2.25. The lowest BCUT2D eigenvalue weighted by atomic mass is 9.98. The first kappa shape index (κ1) is 23.9. The third-order valence-electron chi connectivity index (χ3n) is 5.06. The molecule has 0 spiro atoms. The fourth-order valence-corrected chi connectivity index (χ4v) is 3.08. The molecule has 1 unspecified atom stereocenters. The average Bonchev–Trinajstić information content (AvgIpc) is 2.72. The zero-order valence-electron chi connectivity index (χ0n) is 17.7. The third-order valence-corrected chi connectivity index (χ3v) is 5.06. The molecule has 5 N–H and O–H groups in total. The Kier molecular flexibility index (Phi) is 8.45. The van der Waals surface area contributed by atoms with Crippen molar-refractivity contribution in [3.05, 3.63) is 23.3 Å². The maximum Gasteiger partial charge on any atom is 0.338 e. The standard InChI is InChI=1S/C21H32N2O7/c1-13-8-17(25)18(26)9-16(13)20(28)30-11-15(24)10-23-21(2,3)12-22-19(27)14-4-6-29-7-5-14/h8-9,14-15,23-26H,4-7,10-12H2,1-3H3,(H,22,27). The molecule has 0 aromatic heterocycles. The second-order valence-corrected chi connectivity index (χ2v) is 8.28. The quantitative estimate of drug-likeness (QED) is 0.290. The van der Waals surface area contributed by atoms with E-state index in [-0.39, 0.29) is 36.3 Å². The van der Waals surface area contributed by atoms with Crippen molar-refractivity contribution in [2.75, 3.05) is 32.9 Å². The normalized spacial score (nSPS) is 16.1. The van der Waals surface area contributed by atoms with Gasteiger partial charge in [0.2, 0.25) is 5.91 Å². The van der Waals surface area contributed by atoms with Crippen LogP contribution in [0.3, 0.4) is 0 Å². The van der Waals surface area contributed by atoms with E-state index >= 15 is 0 Å². The molecule has 1 aromatic carbocycles. The van der Waals surface area contributed by atoms with E-state index in [9.17, 15) is 24.9 Å². The van der Waals surface area contributed by atoms with Gasteiger partial charge in [-0.05, 0) is 51.3 Å². The molecule has 9 nitrogen and oxygen atoms in total. The van der Waals surface area contributed by atoms with Gasteiger partial charge in [-0.2, -0.15) is 0 Å². The van der Waals surface area contributed by atoms with Crippen molar-refractivity contribution < 1.29 is 34.4 Å². The van der Waals surface area contributed by atoms with Crippen LogP contribution in [-0.2, 0) is 14.3 Å². The van der Waals surface area contributed by atoms with Crippen molar-refractivity contribution in [1.29, 1.82) is 0 Å². The van der Waals surface area contributed by atoms with E-state index < -0.39 is 23.4 Å². The minimum absolute atomic E-state index is 0.00942. The molecule has 1 atom stereocenters. The van der Waals surface area contributed by atoms with Crippen molar-refractivity contribution in [1.82, 2.24) is 10.6 Å². The number of esters is 1. The molecule has 1 aliphatic heterocycles. The summed E-state index contributed by atoms with van der Waals surface area (Å²) in [5, 5.41) is 35.2. The van der Waals surface area contributed by atoms with Gasteiger partial charge in [-0.3, -0.25) is 4.79 Å². The highest BCUT2D eigenvalue weighted by molar-refractivity contribution is 5.92. The minimum atomic E-state index is -0.953. The van der Waals surface area contributed by atoms with E-state index in [1.165, 1.54) is 6.07 Å². The van der Waals surface area contributed by atoms with Crippen molar-refractivity contribution in [2.45, 2.75) is 45.3 Å². The first-order valence-corrected chi connectivity index (χ1v) is 10.1. The monoisotopic (exact) mass is 424 g/mol. The van der Waals surface area contributed by atoms with Gasteiger partial charge in [0.25, 0.3) is 0 Å². The lowest BCUT2D eigenvalue weighted by molar-refractivity contribution is -0.128. The minimum Gasteiger partial charge on any atom is -0.504 e. The van der Waals surface area contributed by atoms with Crippen LogP contribution in [0, 0.1) is 12.8 Å². The van der Waals surface area contributed by atoms with E-state index in [4.69, 9.17) is 9.47 Å². The summed E-state index contributed by atoms with van der Waals surface area (Å²) in [5.41, 5.74) is 0.0939. The molecule has 0 radical (unpaired) electrons. The van der Waals surface area contributed by atoms with Gasteiger partial charge in [0.1, 0.15) is 12.7 Å². The van der Waals surface area contributed by atoms with Crippen molar-refractivity contribution in [3.8, 4) is 11.5 Å². The molecule has 9 heteroatoms. The molecule has 1 aliphatic rings. The number of amides is 1. The number of benzene rings is 1. The maximum atomic E-state index is 12.2. The number of aliphatic hydroxyl groups is 1. The molecule has 1 saturated heterocycles. The Morgan fingerprint density at radius 1 is 1.23 bits per heavy atom. The molecule has 0 aliphatic carbocycles. The van der Waals surface area contributed by atoms with E-state index in [0.29, 0.717) is 25.3 Å². The highest BCUT2D eigenvalue weighted by Crippen LogP contribution is 2.28. The number of ether oxygens (including phenoxy) is 2. The molecular weight excluding hydrogens is 392 g/mol. The van der Waals surface area contributed by atoms with Crippen LogP contribution in [0.25, 0.3) is 0 Å². The highest BCUT2D eigenvalue weighted by atomic mass is 16.5. The number of β-amino-alcohol motifs (C(OH)–C–C–N with tert-alkyl or cyclic N) is 1. The second-order valence-electron chi connectivity index (χ2n) is 8.28. The Bertz CT molecular complexity index is 745. The summed E-state index contributed by atoms with van der Waals surface area (Å²) in [6, 6.07) is 2.39. The third kappa shape index (κ3) is 7.16. The van der Waals surface area contributed by atoms with Gasteiger partial charge in [-0.1, -0.05) is 0 Å². The number of carbonyl (C=O) groups excluding carboxylic acids is 2. The predicted molar refractivity (Wildman–Crippen MR) is 109 cm³/mol. The topological polar surface area (TPSA) is 137 Å². The van der Waals surface area contributed by atoms with Crippen LogP contribution in [0.4, 0.5) is 0 Å². The van der Waals surface area contributed by atoms with Crippen LogP contribution in [-0.4, -0.2) is 71.7 Å². The van der Waals surface area contributed by atoms with Gasteiger partial charge < -0.3 is 35.4 Å². The molecule has 2 rings (SSSR count). The van der Waals surface area contributed by atoms with Gasteiger partial charge in [-0.15, -0.1) is 0 Å². The molecular formula is C21H32N2O7. The number of hydrogen-bond donors (Lipinski definition) is 5. The lowest BCUT2D eigenvalue weighted by Gasteiger charge is -2.29. The van der Waals surface area contributed by atoms with Crippen molar-refractivity contribution >= 4 is 11.9 Å². The largest absolute Gasteiger partial charge is 0.504 e. The maximum absolute atomic E-state index is 12.2. The summed E-state index contributed by atoms with van der Waals surface area (Å²) in [7, 11) is 0. The smallest absolute Gasteiger partial charge is 0.338 e. The average molecular weight is 424 g/mol. The van der Waals surface area contributed by atoms with E-state index in [1.54, 1.807) is 6.92 Å². The number of phenols is 2. The molecule has 0 saturated carbocycles. The van der Waals surface area contributed by atoms with Gasteiger partial charge in [0.15, 0.2) is 11.5 Å². The first-order valence-electron chi connectivity index (χ1n) is 10.1.